The lowest BCUT2D eigenvalue weighted by Crippen LogP contribution is -2.26. The second-order valence-electron chi connectivity index (χ2n) is 6.77. The third kappa shape index (κ3) is 4.10. The number of benzene rings is 2. The Bertz CT molecular complexity index is 747. The van der Waals surface area contributed by atoms with Crippen LogP contribution in [-0.4, -0.2) is 42.9 Å². The summed E-state index contributed by atoms with van der Waals surface area (Å²) in [4.78, 5) is 12.7. The number of likely N-dealkylation sites (tertiary alicyclic amines) is 1. The maximum Gasteiger partial charge on any atom is 0.407 e. The van der Waals surface area contributed by atoms with E-state index in [1.807, 2.05) is 36.4 Å². The van der Waals surface area contributed by atoms with Crippen LogP contribution in [0.1, 0.15) is 24.0 Å². The van der Waals surface area contributed by atoms with Crippen LogP contribution in [-0.2, 0) is 6.42 Å². The van der Waals surface area contributed by atoms with Gasteiger partial charge in [-0.3, -0.25) is 0 Å². The van der Waals surface area contributed by atoms with Gasteiger partial charge in [-0.15, -0.1) is 0 Å². The van der Waals surface area contributed by atoms with Crippen molar-refractivity contribution in [2.24, 2.45) is 5.92 Å². The number of carboxylic acid groups (broad SMARTS) is 1. The summed E-state index contributed by atoms with van der Waals surface area (Å²) < 4.78 is 11.4. The Labute approximate surface area is 154 Å². The number of carbonyl (C=O) groups is 1. The molecular weight excluding hydrogens is 330 g/mol. The Morgan fingerprint density at radius 3 is 2.58 bits per heavy atom. The number of amides is 1. The molecule has 2 aromatic rings. The predicted molar refractivity (Wildman–Crippen MR) is 100 cm³/mol. The van der Waals surface area contributed by atoms with Gasteiger partial charge in [0.2, 0.25) is 0 Å². The molecule has 5 heteroatoms. The van der Waals surface area contributed by atoms with E-state index >= 15 is 0 Å². The maximum atomic E-state index is 11.2. The monoisotopic (exact) mass is 355 g/mol. The number of ether oxygens (including phenoxy) is 2. The Kier molecular flexibility index (Phi) is 5.66. The fourth-order valence-electron chi connectivity index (χ4n) is 3.52. The zero-order chi connectivity index (χ0) is 18.5. The average molecular weight is 355 g/mol. The van der Waals surface area contributed by atoms with E-state index in [1.54, 1.807) is 7.11 Å². The summed E-state index contributed by atoms with van der Waals surface area (Å²) in [5, 5.41) is 9.24. The second-order valence-corrected chi connectivity index (χ2v) is 6.77. The Balaban J connectivity index is 1.71. The summed E-state index contributed by atoms with van der Waals surface area (Å²) >= 11 is 0. The smallest absolute Gasteiger partial charge is 0.407 e. The second kappa shape index (κ2) is 8.13. The van der Waals surface area contributed by atoms with Crippen molar-refractivity contribution in [3.05, 3.63) is 59.7 Å². The van der Waals surface area contributed by atoms with Crippen LogP contribution in [0.3, 0.4) is 0 Å². The quantitative estimate of drug-likeness (QED) is 0.850. The predicted octanol–water partition coefficient (Wildman–Crippen LogP) is 4.03. The molecule has 3 rings (SSSR count). The molecule has 2 atom stereocenters. The van der Waals surface area contributed by atoms with E-state index in [4.69, 9.17) is 9.47 Å². The van der Waals surface area contributed by atoms with Gasteiger partial charge < -0.3 is 19.5 Å². The van der Waals surface area contributed by atoms with Gasteiger partial charge in [-0.05, 0) is 29.2 Å². The Morgan fingerprint density at radius 1 is 1.15 bits per heavy atom. The molecule has 1 fully saturated rings. The van der Waals surface area contributed by atoms with Crippen LogP contribution in [0.25, 0.3) is 0 Å². The van der Waals surface area contributed by atoms with Crippen molar-refractivity contribution in [3.8, 4) is 11.5 Å². The van der Waals surface area contributed by atoms with Gasteiger partial charge in [0.05, 0.1) is 13.7 Å². The van der Waals surface area contributed by atoms with Gasteiger partial charge >= 0.3 is 6.09 Å². The SMILES string of the molecule is COc1ccc([C@H]2CN(C(=O)O)C[C@H]2C)cc1OCCc1ccccc1. The zero-order valence-electron chi connectivity index (χ0n) is 15.2. The Hall–Kier alpha value is -2.69. The minimum Gasteiger partial charge on any atom is -0.493 e. The van der Waals surface area contributed by atoms with E-state index in [2.05, 4.69) is 19.1 Å². The number of nitrogens with zero attached hydrogens (tertiary/aromatic N) is 1. The molecule has 0 bridgehead atoms. The first kappa shape index (κ1) is 18.1. The fraction of sp³-hybridized carbons (Fsp3) is 0.381. The summed E-state index contributed by atoms with van der Waals surface area (Å²) in [5.41, 5.74) is 2.32. The van der Waals surface area contributed by atoms with Gasteiger partial charge in [-0.25, -0.2) is 4.79 Å². The summed E-state index contributed by atoms with van der Waals surface area (Å²) in [6.45, 7) is 3.74. The highest BCUT2D eigenvalue weighted by atomic mass is 16.5. The van der Waals surface area contributed by atoms with Crippen LogP contribution in [0.2, 0.25) is 0 Å². The number of hydrogen-bond acceptors (Lipinski definition) is 3. The third-order valence-corrected chi connectivity index (χ3v) is 4.99. The lowest BCUT2D eigenvalue weighted by molar-refractivity contribution is 0.154. The van der Waals surface area contributed by atoms with Crippen molar-refractivity contribution in [3.63, 3.8) is 0 Å². The van der Waals surface area contributed by atoms with Crippen LogP contribution in [0.5, 0.6) is 11.5 Å². The van der Waals surface area contributed by atoms with Crippen LogP contribution in [0, 0.1) is 5.92 Å². The van der Waals surface area contributed by atoms with Crippen LogP contribution in [0.15, 0.2) is 48.5 Å². The zero-order valence-corrected chi connectivity index (χ0v) is 15.2. The van der Waals surface area contributed by atoms with E-state index in [0.717, 1.165) is 12.0 Å². The number of methoxy groups -OCH3 is 1. The first-order valence-corrected chi connectivity index (χ1v) is 8.91. The fourth-order valence-corrected chi connectivity index (χ4v) is 3.52. The van der Waals surface area contributed by atoms with E-state index < -0.39 is 6.09 Å². The van der Waals surface area contributed by atoms with Crippen molar-refractivity contribution in [2.45, 2.75) is 19.3 Å². The van der Waals surface area contributed by atoms with Gasteiger partial charge in [-0.2, -0.15) is 0 Å². The topological polar surface area (TPSA) is 59.0 Å². The van der Waals surface area contributed by atoms with Gasteiger partial charge in [0.25, 0.3) is 0 Å². The van der Waals surface area contributed by atoms with Crippen molar-refractivity contribution in [1.82, 2.24) is 4.90 Å². The number of hydrogen-bond donors (Lipinski definition) is 1. The molecule has 138 valence electrons. The molecule has 0 spiro atoms. The van der Waals surface area contributed by atoms with E-state index in [-0.39, 0.29) is 11.8 Å². The molecular formula is C21H25NO4. The van der Waals surface area contributed by atoms with Gasteiger partial charge in [-0.1, -0.05) is 43.3 Å². The molecule has 0 aliphatic carbocycles. The minimum atomic E-state index is -0.854. The minimum absolute atomic E-state index is 0.175. The van der Waals surface area contributed by atoms with Crippen LogP contribution >= 0.6 is 0 Å². The Morgan fingerprint density at radius 2 is 1.92 bits per heavy atom. The highest BCUT2D eigenvalue weighted by molar-refractivity contribution is 5.65. The van der Waals surface area contributed by atoms with E-state index in [9.17, 15) is 9.90 Å². The highest BCUT2D eigenvalue weighted by Gasteiger charge is 2.33. The average Bonchev–Trinajstić information content (AvgIpc) is 3.04. The lowest BCUT2D eigenvalue weighted by Gasteiger charge is -2.18. The van der Waals surface area contributed by atoms with Crippen molar-refractivity contribution in [2.75, 3.05) is 26.8 Å². The maximum absolute atomic E-state index is 11.2. The molecule has 0 unspecified atom stereocenters. The molecule has 2 aromatic carbocycles. The number of rotatable bonds is 6. The normalized spacial score (nSPS) is 19.4. The van der Waals surface area contributed by atoms with Gasteiger partial charge in [0.15, 0.2) is 11.5 Å². The van der Waals surface area contributed by atoms with E-state index in [0.29, 0.717) is 31.2 Å². The summed E-state index contributed by atoms with van der Waals surface area (Å²) in [6.07, 6.45) is -0.0342. The van der Waals surface area contributed by atoms with Gasteiger partial charge in [0.1, 0.15) is 0 Å². The molecule has 0 saturated carbocycles. The molecule has 5 nitrogen and oxygen atoms in total. The lowest BCUT2D eigenvalue weighted by atomic mass is 9.90. The molecule has 0 aromatic heterocycles. The molecule has 1 aliphatic rings. The first-order valence-electron chi connectivity index (χ1n) is 8.91. The summed E-state index contributed by atoms with van der Waals surface area (Å²) in [6, 6.07) is 16.1. The summed E-state index contributed by atoms with van der Waals surface area (Å²) in [5.74, 6) is 1.86. The van der Waals surface area contributed by atoms with Crippen molar-refractivity contribution < 1.29 is 19.4 Å². The molecule has 0 radical (unpaired) electrons. The standard InChI is InChI=1S/C21H25NO4/c1-15-13-22(21(23)24)14-18(15)17-8-9-19(25-2)20(12-17)26-11-10-16-6-4-3-5-7-16/h3-9,12,15,18H,10-11,13-14H2,1-2H3,(H,23,24)/t15-,18+/m1/s1. The summed E-state index contributed by atoms with van der Waals surface area (Å²) in [7, 11) is 1.63. The van der Waals surface area contributed by atoms with Gasteiger partial charge in [0, 0.05) is 25.4 Å². The van der Waals surface area contributed by atoms with E-state index in [1.165, 1.54) is 10.5 Å². The molecule has 1 aliphatic heterocycles. The van der Waals surface area contributed by atoms with Crippen LogP contribution in [0.4, 0.5) is 4.79 Å². The third-order valence-electron chi connectivity index (χ3n) is 4.99. The first-order chi connectivity index (χ1) is 12.6. The molecule has 1 heterocycles. The molecule has 1 amide bonds. The van der Waals surface area contributed by atoms with Crippen molar-refractivity contribution >= 4 is 6.09 Å². The molecule has 26 heavy (non-hydrogen) atoms. The molecule has 1 saturated heterocycles. The highest BCUT2D eigenvalue weighted by Crippen LogP contribution is 2.37. The van der Waals surface area contributed by atoms with Crippen molar-refractivity contribution in [1.29, 1.82) is 0 Å². The van der Waals surface area contributed by atoms with Crippen LogP contribution < -0.4 is 9.47 Å². The molecule has 1 N–H and O–H groups in total. The largest absolute Gasteiger partial charge is 0.493 e.